The predicted molar refractivity (Wildman–Crippen MR) is 64.5 cm³/mol. The summed E-state index contributed by atoms with van der Waals surface area (Å²) >= 11 is 0. The molecule has 8 heteroatoms. The lowest BCUT2D eigenvalue weighted by atomic mass is 10.9. The Morgan fingerprint density at radius 2 is 0.812 bits per heavy atom. The van der Waals surface area contributed by atoms with E-state index >= 15 is 0 Å². The van der Waals surface area contributed by atoms with Crippen molar-refractivity contribution < 1.29 is 27.2 Å². The molecule has 0 amide bonds. The Hall–Kier alpha value is 0.300. The van der Waals surface area contributed by atoms with Gasteiger partial charge >= 0.3 is 16.5 Å². The molecule has 0 atom stereocenters. The van der Waals surface area contributed by atoms with Gasteiger partial charge in [0.1, 0.15) is 0 Å². The van der Waals surface area contributed by atoms with Crippen molar-refractivity contribution in [2.75, 3.05) is 26.4 Å². The van der Waals surface area contributed by atoms with Crippen LogP contribution in [0.1, 0.15) is 27.7 Å². The summed E-state index contributed by atoms with van der Waals surface area (Å²) in [5.74, 6) is 0. The Morgan fingerprint density at radius 1 is 0.625 bits per heavy atom. The van der Waals surface area contributed by atoms with Gasteiger partial charge in [-0.15, -0.1) is 0 Å². The molecule has 0 aliphatic carbocycles. The lowest BCUT2D eigenvalue weighted by Gasteiger charge is -1.97. The van der Waals surface area contributed by atoms with Crippen molar-refractivity contribution >= 4 is 16.5 Å². The Labute approximate surface area is 98.5 Å². The molecule has 0 aromatic heterocycles. The number of hydrogen-bond acceptors (Lipinski definition) is 6. The predicted octanol–water partition coefficient (Wildman–Crippen LogP) is 2.90. The van der Waals surface area contributed by atoms with Crippen molar-refractivity contribution in [2.45, 2.75) is 27.7 Å². The monoisotopic (exact) mass is 276 g/mol. The molecule has 0 saturated carbocycles. The van der Waals surface area contributed by atoms with Crippen LogP contribution in [0.3, 0.4) is 0 Å². The zero-order valence-electron chi connectivity index (χ0n) is 10.3. The average Bonchev–Trinajstić information content (AvgIpc) is 2.20. The van der Waals surface area contributed by atoms with E-state index in [9.17, 15) is 9.13 Å². The molecule has 0 N–H and O–H groups in total. The smallest absolute Gasteiger partial charge is 0.311 e. The third-order valence-electron chi connectivity index (χ3n) is 1.05. The fourth-order valence-corrected chi connectivity index (χ4v) is 1.66. The molecule has 0 aromatic rings. The quantitative estimate of drug-likeness (QED) is 0.635. The molecule has 0 aromatic carbocycles. The molecule has 0 rings (SSSR count). The van der Waals surface area contributed by atoms with Gasteiger partial charge in [-0.05, 0) is 27.7 Å². The van der Waals surface area contributed by atoms with E-state index in [0.717, 1.165) is 0 Å². The van der Waals surface area contributed by atoms with Gasteiger partial charge in [-0.2, -0.15) is 0 Å². The molecule has 0 spiro atoms. The van der Waals surface area contributed by atoms with Crippen molar-refractivity contribution in [3.8, 4) is 0 Å². The van der Waals surface area contributed by atoms with Crippen LogP contribution in [0.5, 0.6) is 0 Å². The van der Waals surface area contributed by atoms with Crippen LogP contribution in [0.15, 0.2) is 0 Å². The fraction of sp³-hybridized carbons (Fsp3) is 1.00. The second-order valence-corrected chi connectivity index (χ2v) is 4.39. The molecule has 0 aliphatic rings. The molecule has 0 saturated heterocycles. The fourth-order valence-electron chi connectivity index (χ4n) is 0.555. The second kappa shape index (κ2) is 15.3. The maximum absolute atomic E-state index is 10.4. The van der Waals surface area contributed by atoms with Gasteiger partial charge in [-0.3, -0.25) is 9.13 Å². The first-order chi connectivity index (χ1) is 7.62. The van der Waals surface area contributed by atoms with Crippen molar-refractivity contribution in [3.63, 3.8) is 0 Å². The minimum Gasteiger partial charge on any atom is -0.311 e. The molecule has 0 aliphatic heterocycles. The van der Waals surface area contributed by atoms with E-state index in [0.29, 0.717) is 26.4 Å². The van der Waals surface area contributed by atoms with Crippen LogP contribution in [0, 0.1) is 0 Å². The summed E-state index contributed by atoms with van der Waals surface area (Å²) < 4.78 is 39.2. The summed E-state index contributed by atoms with van der Waals surface area (Å²) in [7, 11) is -4.28. The molecule has 0 radical (unpaired) electrons. The van der Waals surface area contributed by atoms with E-state index in [-0.39, 0.29) is 0 Å². The largest absolute Gasteiger partial charge is 0.319 e. The number of hydrogen-bond donors (Lipinski definition) is 0. The Bertz CT molecular complexity index is 151. The SMILES string of the molecule is CCO[PH](=O)OCC.CCO[PH](=O)OCC. The van der Waals surface area contributed by atoms with Crippen molar-refractivity contribution in [2.24, 2.45) is 0 Å². The molecule has 0 fully saturated rings. The topological polar surface area (TPSA) is 71.1 Å². The minimum atomic E-state index is -2.14. The van der Waals surface area contributed by atoms with E-state index < -0.39 is 16.5 Å². The lowest BCUT2D eigenvalue weighted by molar-refractivity contribution is 0.242. The molecule has 6 nitrogen and oxygen atoms in total. The highest BCUT2D eigenvalue weighted by Gasteiger charge is 1.92. The molecule has 0 unspecified atom stereocenters. The highest BCUT2D eigenvalue weighted by molar-refractivity contribution is 7.33. The van der Waals surface area contributed by atoms with Crippen LogP contribution in [0.4, 0.5) is 0 Å². The van der Waals surface area contributed by atoms with Gasteiger partial charge in [0.15, 0.2) is 0 Å². The van der Waals surface area contributed by atoms with Crippen LogP contribution >= 0.6 is 16.5 Å². The lowest BCUT2D eigenvalue weighted by Crippen LogP contribution is -1.81. The summed E-state index contributed by atoms with van der Waals surface area (Å²) in [6.07, 6.45) is 0. The summed E-state index contributed by atoms with van der Waals surface area (Å²) in [6, 6.07) is 0. The van der Waals surface area contributed by atoms with Gasteiger partial charge < -0.3 is 18.1 Å². The van der Waals surface area contributed by atoms with Crippen LogP contribution in [-0.4, -0.2) is 26.4 Å². The van der Waals surface area contributed by atoms with E-state index in [2.05, 4.69) is 18.1 Å². The van der Waals surface area contributed by atoms with Gasteiger partial charge in [0.05, 0.1) is 26.4 Å². The third-order valence-corrected chi connectivity index (χ3v) is 3.15. The zero-order chi connectivity index (χ0) is 12.8. The highest BCUT2D eigenvalue weighted by Crippen LogP contribution is 2.22. The van der Waals surface area contributed by atoms with Gasteiger partial charge in [0, 0.05) is 0 Å². The van der Waals surface area contributed by atoms with Crippen LogP contribution in [0.25, 0.3) is 0 Å². The summed E-state index contributed by atoms with van der Waals surface area (Å²) in [6.45, 7) is 8.94. The molecule has 0 heterocycles. The standard InChI is InChI=1S/2C4H11O3P/c2*1-3-6-8(5)7-4-2/h2*8H,3-4H2,1-2H3. The highest BCUT2D eigenvalue weighted by atomic mass is 31.1. The van der Waals surface area contributed by atoms with Crippen LogP contribution in [-0.2, 0) is 27.2 Å². The minimum absolute atomic E-state index is 0.456. The Kier molecular flexibility index (Phi) is 17.8. The first-order valence-electron chi connectivity index (χ1n) is 5.21. The van der Waals surface area contributed by atoms with Gasteiger partial charge in [0.2, 0.25) is 0 Å². The average molecular weight is 276 g/mol. The maximum Gasteiger partial charge on any atom is 0.319 e. The molecule has 0 bridgehead atoms. The summed E-state index contributed by atoms with van der Waals surface area (Å²) in [5.41, 5.74) is 0. The van der Waals surface area contributed by atoms with Gasteiger partial charge in [-0.1, -0.05) is 0 Å². The van der Waals surface area contributed by atoms with E-state index in [1.807, 2.05) is 0 Å². The Morgan fingerprint density at radius 3 is 0.938 bits per heavy atom. The van der Waals surface area contributed by atoms with Crippen LogP contribution in [0.2, 0.25) is 0 Å². The van der Waals surface area contributed by atoms with E-state index in [4.69, 9.17) is 0 Å². The normalized spacial score (nSPS) is 10.4. The first kappa shape index (κ1) is 18.7. The zero-order valence-corrected chi connectivity index (χ0v) is 12.3. The van der Waals surface area contributed by atoms with Gasteiger partial charge in [-0.25, -0.2) is 0 Å². The molecular weight excluding hydrogens is 254 g/mol. The van der Waals surface area contributed by atoms with Crippen molar-refractivity contribution in [3.05, 3.63) is 0 Å². The summed E-state index contributed by atoms with van der Waals surface area (Å²) in [5, 5.41) is 0. The molecule has 16 heavy (non-hydrogen) atoms. The third kappa shape index (κ3) is 16.7. The van der Waals surface area contributed by atoms with Crippen molar-refractivity contribution in [1.29, 1.82) is 0 Å². The Balaban J connectivity index is 0. The first-order valence-corrected chi connectivity index (χ1v) is 7.66. The van der Waals surface area contributed by atoms with Crippen LogP contribution < -0.4 is 0 Å². The van der Waals surface area contributed by atoms with Crippen molar-refractivity contribution in [1.82, 2.24) is 0 Å². The van der Waals surface area contributed by atoms with E-state index in [1.54, 1.807) is 27.7 Å². The molecular formula is C8H22O6P2. The summed E-state index contributed by atoms with van der Waals surface area (Å²) in [4.78, 5) is 0. The van der Waals surface area contributed by atoms with E-state index in [1.165, 1.54) is 0 Å². The number of rotatable bonds is 8. The molecule has 100 valence electrons. The van der Waals surface area contributed by atoms with Gasteiger partial charge in [0.25, 0.3) is 0 Å². The second-order valence-electron chi connectivity index (χ2n) is 2.23. The maximum atomic E-state index is 10.4.